The Hall–Kier alpha value is -1.79. The summed E-state index contributed by atoms with van der Waals surface area (Å²) in [5.41, 5.74) is 1.04. The molecule has 1 heterocycles. The lowest BCUT2D eigenvalue weighted by Gasteiger charge is -2.36. The second-order valence-corrected chi connectivity index (χ2v) is 6.70. The Morgan fingerprint density at radius 1 is 1.20 bits per heavy atom. The lowest BCUT2D eigenvalue weighted by molar-refractivity contribution is -0.129. The third-order valence-electron chi connectivity index (χ3n) is 4.25. The molecule has 0 unspecified atom stereocenters. The van der Waals surface area contributed by atoms with E-state index < -0.39 is 6.04 Å². The van der Waals surface area contributed by atoms with Crippen LogP contribution >= 0.6 is 11.6 Å². The largest absolute Gasteiger partial charge is 0.368 e. The number of hydrogen-bond donors (Lipinski definition) is 2. The summed E-state index contributed by atoms with van der Waals surface area (Å²) in [6.45, 7) is 7.85. The van der Waals surface area contributed by atoms with E-state index in [1.807, 2.05) is 31.2 Å². The van der Waals surface area contributed by atoms with Crippen LogP contribution in [0.1, 0.15) is 20.3 Å². The minimum Gasteiger partial charge on any atom is -0.368 e. The van der Waals surface area contributed by atoms with Crippen molar-refractivity contribution in [3.05, 3.63) is 29.3 Å². The molecule has 0 spiro atoms. The van der Waals surface area contributed by atoms with Crippen LogP contribution in [-0.4, -0.2) is 62.0 Å². The summed E-state index contributed by atoms with van der Waals surface area (Å²) in [5, 5.41) is 6.29. The van der Waals surface area contributed by atoms with Crippen molar-refractivity contribution in [2.45, 2.75) is 26.3 Å². The van der Waals surface area contributed by atoms with E-state index in [2.05, 4.69) is 20.4 Å². The fourth-order valence-electron chi connectivity index (χ4n) is 2.81. The van der Waals surface area contributed by atoms with Gasteiger partial charge >= 0.3 is 0 Å². The van der Waals surface area contributed by atoms with Crippen LogP contribution in [0.3, 0.4) is 0 Å². The maximum absolute atomic E-state index is 12.1. The molecule has 0 aromatic heterocycles. The molecule has 2 rings (SSSR count). The average molecular weight is 367 g/mol. The minimum atomic E-state index is -0.511. The predicted molar refractivity (Wildman–Crippen MR) is 101 cm³/mol. The van der Waals surface area contributed by atoms with Crippen molar-refractivity contribution in [1.29, 1.82) is 0 Å². The molecule has 1 saturated heterocycles. The zero-order valence-corrected chi connectivity index (χ0v) is 15.7. The summed E-state index contributed by atoms with van der Waals surface area (Å²) in [6, 6.07) is 7.29. The van der Waals surface area contributed by atoms with Gasteiger partial charge in [-0.05, 0) is 25.5 Å². The maximum atomic E-state index is 12.1. The summed E-state index contributed by atoms with van der Waals surface area (Å²) in [6.07, 6.45) is 0.877. The van der Waals surface area contributed by atoms with Gasteiger partial charge in [-0.3, -0.25) is 14.5 Å². The van der Waals surface area contributed by atoms with E-state index in [0.29, 0.717) is 13.1 Å². The van der Waals surface area contributed by atoms with Crippen molar-refractivity contribution in [2.75, 3.05) is 44.2 Å². The second kappa shape index (κ2) is 9.63. The van der Waals surface area contributed by atoms with Crippen molar-refractivity contribution in [3.63, 3.8) is 0 Å². The third kappa shape index (κ3) is 5.90. The highest BCUT2D eigenvalue weighted by molar-refractivity contribution is 6.33. The molecule has 1 aromatic rings. The Balaban J connectivity index is 1.75. The Labute approximate surface area is 154 Å². The zero-order chi connectivity index (χ0) is 18.2. The van der Waals surface area contributed by atoms with Crippen LogP contribution in [0.15, 0.2) is 24.3 Å². The van der Waals surface area contributed by atoms with Crippen molar-refractivity contribution in [1.82, 2.24) is 15.5 Å². The molecule has 0 radical (unpaired) electrons. The second-order valence-electron chi connectivity index (χ2n) is 6.29. The molecular weight excluding hydrogens is 340 g/mol. The average Bonchev–Trinajstić information content (AvgIpc) is 2.60. The van der Waals surface area contributed by atoms with Crippen molar-refractivity contribution in [3.8, 4) is 0 Å². The quantitative estimate of drug-likeness (QED) is 0.767. The molecule has 1 aliphatic rings. The van der Waals surface area contributed by atoms with Gasteiger partial charge in [0, 0.05) is 32.7 Å². The van der Waals surface area contributed by atoms with Gasteiger partial charge in [-0.1, -0.05) is 30.7 Å². The van der Waals surface area contributed by atoms with Crippen molar-refractivity contribution in [2.24, 2.45) is 0 Å². The Bertz CT molecular complexity index is 588. The maximum Gasteiger partial charge on any atom is 0.242 e. The molecule has 0 aliphatic carbocycles. The van der Waals surface area contributed by atoms with Crippen molar-refractivity contribution < 1.29 is 9.59 Å². The number of nitrogens with zero attached hydrogens (tertiary/aromatic N) is 2. The van der Waals surface area contributed by atoms with E-state index >= 15 is 0 Å². The summed E-state index contributed by atoms with van der Waals surface area (Å²) in [4.78, 5) is 28.3. The van der Waals surface area contributed by atoms with Crippen LogP contribution in [0.5, 0.6) is 0 Å². The van der Waals surface area contributed by atoms with Gasteiger partial charge in [-0.15, -0.1) is 0 Å². The number of rotatable bonds is 7. The number of amides is 2. The minimum absolute atomic E-state index is 0.120. The standard InChI is InChI=1S/C18H27ClN4O2/c1-3-8-20-18(25)14(2)21-17(24)13-22-9-11-23(12-10-22)16-7-5-4-6-15(16)19/h4-7,14H,3,8-13H2,1-2H3,(H,20,25)(H,21,24)/t14-/m1/s1. The van der Waals surface area contributed by atoms with E-state index in [1.165, 1.54) is 0 Å². The molecule has 7 heteroatoms. The number of para-hydroxylation sites is 1. The molecular formula is C18H27ClN4O2. The Morgan fingerprint density at radius 3 is 2.52 bits per heavy atom. The first-order valence-corrected chi connectivity index (χ1v) is 9.18. The molecule has 25 heavy (non-hydrogen) atoms. The summed E-state index contributed by atoms with van der Waals surface area (Å²) in [5.74, 6) is -0.260. The summed E-state index contributed by atoms with van der Waals surface area (Å²) >= 11 is 6.24. The highest BCUT2D eigenvalue weighted by Gasteiger charge is 2.22. The predicted octanol–water partition coefficient (Wildman–Crippen LogP) is 1.49. The fourth-order valence-corrected chi connectivity index (χ4v) is 3.07. The van der Waals surface area contributed by atoms with Crippen LogP contribution < -0.4 is 15.5 Å². The lowest BCUT2D eigenvalue weighted by Crippen LogP contribution is -2.52. The van der Waals surface area contributed by atoms with Crippen LogP contribution in [0.4, 0.5) is 5.69 Å². The van der Waals surface area contributed by atoms with Gasteiger partial charge in [0.2, 0.25) is 11.8 Å². The molecule has 0 bridgehead atoms. The van der Waals surface area contributed by atoms with Crippen LogP contribution in [0.2, 0.25) is 5.02 Å². The van der Waals surface area contributed by atoms with Gasteiger partial charge in [0.1, 0.15) is 6.04 Å². The third-order valence-corrected chi connectivity index (χ3v) is 4.57. The molecule has 2 amide bonds. The molecule has 0 saturated carbocycles. The number of hydrogen-bond acceptors (Lipinski definition) is 4. The highest BCUT2D eigenvalue weighted by Crippen LogP contribution is 2.25. The number of carbonyl (C=O) groups excluding carboxylic acids is 2. The summed E-state index contributed by atoms with van der Waals surface area (Å²) < 4.78 is 0. The normalized spacial score (nSPS) is 16.4. The van der Waals surface area contributed by atoms with Gasteiger partial charge < -0.3 is 15.5 Å². The molecule has 138 valence electrons. The fraction of sp³-hybridized carbons (Fsp3) is 0.556. The monoisotopic (exact) mass is 366 g/mol. The van der Waals surface area contributed by atoms with Gasteiger partial charge in [-0.2, -0.15) is 0 Å². The number of carbonyl (C=O) groups is 2. The number of halogens is 1. The topological polar surface area (TPSA) is 64.7 Å². The van der Waals surface area contributed by atoms with Gasteiger partial charge in [0.05, 0.1) is 17.3 Å². The molecule has 1 aliphatic heterocycles. The van der Waals surface area contributed by atoms with E-state index in [4.69, 9.17) is 11.6 Å². The first kappa shape index (κ1) is 19.5. The Morgan fingerprint density at radius 2 is 1.88 bits per heavy atom. The van der Waals surface area contributed by atoms with E-state index in [9.17, 15) is 9.59 Å². The van der Waals surface area contributed by atoms with Crippen molar-refractivity contribution >= 4 is 29.1 Å². The highest BCUT2D eigenvalue weighted by atomic mass is 35.5. The van der Waals surface area contributed by atoms with Crippen LogP contribution in [0, 0.1) is 0 Å². The molecule has 1 fully saturated rings. The number of anilines is 1. The van der Waals surface area contributed by atoms with Crippen LogP contribution in [0.25, 0.3) is 0 Å². The molecule has 2 N–H and O–H groups in total. The first-order chi connectivity index (χ1) is 12.0. The molecule has 1 atom stereocenters. The SMILES string of the molecule is CCCNC(=O)[C@@H](C)NC(=O)CN1CCN(c2ccccc2Cl)CC1. The van der Waals surface area contributed by atoms with E-state index in [-0.39, 0.29) is 11.8 Å². The van der Waals surface area contributed by atoms with E-state index in [1.54, 1.807) is 6.92 Å². The first-order valence-electron chi connectivity index (χ1n) is 8.80. The lowest BCUT2D eigenvalue weighted by atomic mass is 10.2. The van der Waals surface area contributed by atoms with Gasteiger partial charge in [-0.25, -0.2) is 0 Å². The van der Waals surface area contributed by atoms with Crippen LogP contribution in [-0.2, 0) is 9.59 Å². The van der Waals surface area contributed by atoms with E-state index in [0.717, 1.165) is 43.3 Å². The Kier molecular flexibility index (Phi) is 7.52. The zero-order valence-electron chi connectivity index (χ0n) is 14.9. The van der Waals surface area contributed by atoms with Gasteiger partial charge in [0.15, 0.2) is 0 Å². The number of piperazine rings is 1. The molecule has 1 aromatic carbocycles. The smallest absolute Gasteiger partial charge is 0.242 e. The molecule has 6 nitrogen and oxygen atoms in total. The number of nitrogens with one attached hydrogen (secondary N) is 2. The number of benzene rings is 1. The summed E-state index contributed by atoms with van der Waals surface area (Å²) in [7, 11) is 0. The van der Waals surface area contributed by atoms with Gasteiger partial charge in [0.25, 0.3) is 0 Å².